The highest BCUT2D eigenvalue weighted by molar-refractivity contribution is 5.93. The molecule has 0 fully saturated rings. The molecule has 3 aromatic carbocycles. The van der Waals surface area contributed by atoms with E-state index in [9.17, 15) is 4.79 Å². The van der Waals surface area contributed by atoms with Gasteiger partial charge in [-0.25, -0.2) is 0 Å². The van der Waals surface area contributed by atoms with E-state index in [4.69, 9.17) is 4.74 Å². The first-order valence-corrected chi connectivity index (χ1v) is 9.45. The SMILES string of the molecule is COc1ccc(C)cc1NCCC(=O)N(Cc1ccccc1)c1ccccc1. The number of rotatable bonds is 8. The van der Waals surface area contributed by atoms with E-state index < -0.39 is 0 Å². The van der Waals surface area contributed by atoms with E-state index in [1.54, 1.807) is 7.11 Å². The molecule has 0 radical (unpaired) electrons. The Bertz CT molecular complexity index is 895. The Morgan fingerprint density at radius 1 is 0.964 bits per heavy atom. The Labute approximate surface area is 166 Å². The van der Waals surface area contributed by atoms with Gasteiger partial charge in [0.1, 0.15) is 5.75 Å². The lowest BCUT2D eigenvalue weighted by Gasteiger charge is -2.23. The molecule has 28 heavy (non-hydrogen) atoms. The summed E-state index contributed by atoms with van der Waals surface area (Å²) in [6.45, 7) is 3.13. The third-order valence-corrected chi connectivity index (χ3v) is 4.56. The minimum absolute atomic E-state index is 0.0779. The Morgan fingerprint density at radius 2 is 1.64 bits per heavy atom. The number of hydrogen-bond acceptors (Lipinski definition) is 3. The van der Waals surface area contributed by atoms with E-state index >= 15 is 0 Å². The van der Waals surface area contributed by atoms with Crippen LogP contribution in [-0.4, -0.2) is 19.6 Å². The monoisotopic (exact) mass is 374 g/mol. The Balaban J connectivity index is 1.69. The van der Waals surface area contributed by atoms with Gasteiger partial charge >= 0.3 is 0 Å². The van der Waals surface area contributed by atoms with Crippen molar-refractivity contribution in [3.05, 3.63) is 90.0 Å². The maximum absolute atomic E-state index is 13.0. The van der Waals surface area contributed by atoms with Gasteiger partial charge in [-0.2, -0.15) is 0 Å². The van der Waals surface area contributed by atoms with Gasteiger partial charge in [-0.3, -0.25) is 4.79 Å². The van der Waals surface area contributed by atoms with Crippen LogP contribution in [0.25, 0.3) is 0 Å². The van der Waals surface area contributed by atoms with Crippen LogP contribution in [0, 0.1) is 6.92 Å². The van der Waals surface area contributed by atoms with Crippen molar-refractivity contribution in [1.29, 1.82) is 0 Å². The number of methoxy groups -OCH3 is 1. The van der Waals surface area contributed by atoms with E-state index in [-0.39, 0.29) is 5.91 Å². The highest BCUT2D eigenvalue weighted by Gasteiger charge is 2.16. The molecule has 0 saturated heterocycles. The first kappa shape index (κ1) is 19.5. The van der Waals surface area contributed by atoms with Crippen molar-refractivity contribution < 1.29 is 9.53 Å². The van der Waals surface area contributed by atoms with Gasteiger partial charge < -0.3 is 15.0 Å². The topological polar surface area (TPSA) is 41.6 Å². The second kappa shape index (κ2) is 9.60. The number of aryl methyl sites for hydroxylation is 1. The number of para-hydroxylation sites is 1. The molecule has 4 heteroatoms. The van der Waals surface area contributed by atoms with E-state index in [0.717, 1.165) is 28.3 Å². The van der Waals surface area contributed by atoms with Crippen molar-refractivity contribution in [2.24, 2.45) is 0 Å². The maximum atomic E-state index is 13.0. The second-order valence-electron chi connectivity index (χ2n) is 6.68. The van der Waals surface area contributed by atoms with Crippen molar-refractivity contribution in [1.82, 2.24) is 0 Å². The van der Waals surface area contributed by atoms with Crippen LogP contribution in [0.4, 0.5) is 11.4 Å². The molecular weight excluding hydrogens is 348 g/mol. The van der Waals surface area contributed by atoms with Gasteiger partial charge in [-0.05, 0) is 42.3 Å². The summed E-state index contributed by atoms with van der Waals surface area (Å²) in [5.74, 6) is 0.858. The van der Waals surface area contributed by atoms with Gasteiger partial charge in [0.2, 0.25) is 5.91 Å². The molecule has 0 atom stereocenters. The van der Waals surface area contributed by atoms with Crippen LogP contribution < -0.4 is 15.0 Å². The Kier molecular flexibility index (Phi) is 6.68. The van der Waals surface area contributed by atoms with E-state index in [2.05, 4.69) is 5.32 Å². The fourth-order valence-electron chi connectivity index (χ4n) is 3.10. The van der Waals surface area contributed by atoms with Gasteiger partial charge in [0, 0.05) is 18.7 Å². The first-order valence-electron chi connectivity index (χ1n) is 9.45. The molecule has 0 aliphatic rings. The maximum Gasteiger partial charge on any atom is 0.229 e. The minimum Gasteiger partial charge on any atom is -0.495 e. The summed E-state index contributed by atoms with van der Waals surface area (Å²) in [6, 6.07) is 25.8. The normalized spacial score (nSPS) is 10.4. The van der Waals surface area contributed by atoms with Crippen LogP contribution in [0.15, 0.2) is 78.9 Å². The predicted octanol–water partition coefficient (Wildman–Crippen LogP) is 5.04. The summed E-state index contributed by atoms with van der Waals surface area (Å²) >= 11 is 0. The van der Waals surface area contributed by atoms with Crippen LogP contribution in [0.1, 0.15) is 17.5 Å². The Morgan fingerprint density at radius 3 is 2.32 bits per heavy atom. The molecule has 1 N–H and O–H groups in total. The van der Waals surface area contributed by atoms with Crippen molar-refractivity contribution in [2.75, 3.05) is 23.9 Å². The zero-order valence-electron chi connectivity index (χ0n) is 16.4. The number of carbonyl (C=O) groups is 1. The minimum atomic E-state index is 0.0779. The molecule has 0 spiro atoms. The van der Waals surface area contributed by atoms with Crippen LogP contribution in [0.5, 0.6) is 5.75 Å². The largest absolute Gasteiger partial charge is 0.495 e. The smallest absolute Gasteiger partial charge is 0.229 e. The number of amides is 1. The number of carbonyl (C=O) groups excluding carboxylic acids is 1. The highest BCUT2D eigenvalue weighted by atomic mass is 16.5. The quantitative estimate of drug-likeness (QED) is 0.601. The van der Waals surface area contributed by atoms with Gasteiger partial charge in [-0.15, -0.1) is 0 Å². The molecular formula is C24H26N2O2. The molecule has 0 aliphatic heterocycles. The second-order valence-corrected chi connectivity index (χ2v) is 6.68. The molecule has 144 valence electrons. The van der Waals surface area contributed by atoms with Crippen LogP contribution in [0.3, 0.4) is 0 Å². The fraction of sp³-hybridized carbons (Fsp3) is 0.208. The summed E-state index contributed by atoms with van der Waals surface area (Å²) in [5, 5.41) is 3.33. The van der Waals surface area contributed by atoms with Crippen LogP contribution in [-0.2, 0) is 11.3 Å². The third kappa shape index (κ3) is 5.13. The lowest BCUT2D eigenvalue weighted by atomic mass is 10.1. The van der Waals surface area contributed by atoms with Crippen LogP contribution >= 0.6 is 0 Å². The lowest BCUT2D eigenvalue weighted by Crippen LogP contribution is -2.31. The fourth-order valence-corrected chi connectivity index (χ4v) is 3.10. The van der Waals surface area contributed by atoms with Crippen molar-refractivity contribution in [3.63, 3.8) is 0 Å². The summed E-state index contributed by atoms with van der Waals surface area (Å²) in [5.41, 5.74) is 4.06. The average molecular weight is 374 g/mol. The van der Waals surface area contributed by atoms with Gasteiger partial charge in [0.25, 0.3) is 0 Å². The highest BCUT2D eigenvalue weighted by Crippen LogP contribution is 2.25. The molecule has 4 nitrogen and oxygen atoms in total. The number of benzene rings is 3. The van der Waals surface area contributed by atoms with E-state index in [0.29, 0.717) is 19.5 Å². The molecule has 3 rings (SSSR count). The van der Waals surface area contributed by atoms with Crippen molar-refractivity contribution in [3.8, 4) is 5.75 Å². The molecule has 0 aliphatic carbocycles. The zero-order valence-corrected chi connectivity index (χ0v) is 16.4. The summed E-state index contributed by atoms with van der Waals surface area (Å²) in [4.78, 5) is 14.9. The molecule has 0 bridgehead atoms. The average Bonchev–Trinajstić information content (AvgIpc) is 2.73. The molecule has 0 heterocycles. The molecule has 3 aromatic rings. The third-order valence-electron chi connectivity index (χ3n) is 4.56. The summed E-state index contributed by atoms with van der Waals surface area (Å²) in [7, 11) is 1.65. The van der Waals surface area contributed by atoms with Crippen molar-refractivity contribution >= 4 is 17.3 Å². The van der Waals surface area contributed by atoms with Gasteiger partial charge in [0.05, 0.1) is 19.3 Å². The summed E-state index contributed by atoms with van der Waals surface area (Å²) < 4.78 is 5.40. The lowest BCUT2D eigenvalue weighted by molar-refractivity contribution is -0.118. The number of ether oxygens (including phenoxy) is 1. The Hall–Kier alpha value is -3.27. The van der Waals surface area contributed by atoms with E-state index in [1.807, 2.05) is 90.7 Å². The van der Waals surface area contributed by atoms with Crippen molar-refractivity contribution in [2.45, 2.75) is 19.9 Å². The number of hydrogen-bond donors (Lipinski definition) is 1. The molecule has 1 amide bonds. The zero-order chi connectivity index (χ0) is 19.8. The van der Waals surface area contributed by atoms with Gasteiger partial charge in [-0.1, -0.05) is 54.6 Å². The number of nitrogens with zero attached hydrogens (tertiary/aromatic N) is 1. The molecule has 0 aromatic heterocycles. The number of anilines is 2. The standard InChI is InChI=1S/C24H26N2O2/c1-19-13-14-23(28-2)22(17-19)25-16-15-24(27)26(21-11-7-4-8-12-21)18-20-9-5-3-6-10-20/h3-14,17,25H,15-16,18H2,1-2H3. The molecule has 0 saturated carbocycles. The summed E-state index contributed by atoms with van der Waals surface area (Å²) in [6.07, 6.45) is 0.388. The number of nitrogens with one attached hydrogen (secondary N) is 1. The van der Waals surface area contributed by atoms with Gasteiger partial charge in [0.15, 0.2) is 0 Å². The van der Waals surface area contributed by atoms with Crippen LogP contribution in [0.2, 0.25) is 0 Å². The predicted molar refractivity (Wildman–Crippen MR) is 115 cm³/mol. The first-order chi connectivity index (χ1) is 13.7. The molecule has 0 unspecified atom stereocenters. The van der Waals surface area contributed by atoms with E-state index in [1.165, 1.54) is 0 Å².